The SMILES string of the molecule is CCNC(=NCCOCCOC)N1CC(C)CC(C)C1. The van der Waals surface area contributed by atoms with Gasteiger partial charge >= 0.3 is 0 Å². The fraction of sp³-hybridized carbons (Fsp3) is 0.933. The van der Waals surface area contributed by atoms with Crippen LogP contribution in [0.25, 0.3) is 0 Å². The number of likely N-dealkylation sites (tertiary alicyclic amines) is 1. The number of nitrogens with zero attached hydrogens (tertiary/aromatic N) is 2. The largest absolute Gasteiger partial charge is 0.382 e. The molecular weight excluding hydrogens is 254 g/mol. The Hall–Kier alpha value is -0.810. The number of guanidine groups is 1. The van der Waals surface area contributed by atoms with Crippen molar-refractivity contribution in [2.45, 2.75) is 27.2 Å². The number of piperidine rings is 1. The maximum absolute atomic E-state index is 5.45. The van der Waals surface area contributed by atoms with Crippen molar-refractivity contribution >= 4 is 5.96 Å². The van der Waals surface area contributed by atoms with E-state index < -0.39 is 0 Å². The molecule has 1 rings (SSSR count). The first kappa shape index (κ1) is 17.2. The van der Waals surface area contributed by atoms with Gasteiger partial charge in [0.25, 0.3) is 0 Å². The van der Waals surface area contributed by atoms with Crippen LogP contribution in [0, 0.1) is 11.8 Å². The molecule has 0 saturated carbocycles. The predicted octanol–water partition coefficient (Wildman–Crippen LogP) is 1.59. The quantitative estimate of drug-likeness (QED) is 0.438. The van der Waals surface area contributed by atoms with Crippen molar-refractivity contribution in [3.8, 4) is 0 Å². The van der Waals surface area contributed by atoms with Crippen molar-refractivity contribution in [3.63, 3.8) is 0 Å². The fourth-order valence-electron chi connectivity index (χ4n) is 2.72. The molecule has 1 fully saturated rings. The van der Waals surface area contributed by atoms with E-state index in [4.69, 9.17) is 9.47 Å². The van der Waals surface area contributed by atoms with Gasteiger partial charge in [0.05, 0.1) is 26.4 Å². The summed E-state index contributed by atoms with van der Waals surface area (Å²) in [6, 6.07) is 0. The van der Waals surface area contributed by atoms with Crippen LogP contribution < -0.4 is 5.32 Å². The van der Waals surface area contributed by atoms with E-state index >= 15 is 0 Å². The van der Waals surface area contributed by atoms with E-state index in [0.29, 0.717) is 26.4 Å². The van der Waals surface area contributed by atoms with E-state index in [1.807, 2.05) is 0 Å². The lowest BCUT2D eigenvalue weighted by molar-refractivity contribution is 0.0746. The number of nitrogens with one attached hydrogen (secondary N) is 1. The minimum Gasteiger partial charge on any atom is -0.382 e. The first-order chi connectivity index (χ1) is 9.67. The highest BCUT2D eigenvalue weighted by Gasteiger charge is 2.23. The Morgan fingerprint density at radius 1 is 1.20 bits per heavy atom. The van der Waals surface area contributed by atoms with Crippen LogP contribution in [-0.2, 0) is 9.47 Å². The van der Waals surface area contributed by atoms with Gasteiger partial charge in [-0.2, -0.15) is 0 Å². The van der Waals surface area contributed by atoms with Gasteiger partial charge in [0.15, 0.2) is 5.96 Å². The van der Waals surface area contributed by atoms with E-state index in [9.17, 15) is 0 Å². The zero-order chi connectivity index (χ0) is 14.8. The summed E-state index contributed by atoms with van der Waals surface area (Å²) in [5, 5.41) is 3.39. The number of hydrogen-bond acceptors (Lipinski definition) is 3. The van der Waals surface area contributed by atoms with Crippen molar-refractivity contribution < 1.29 is 9.47 Å². The van der Waals surface area contributed by atoms with Crippen molar-refractivity contribution in [2.24, 2.45) is 16.8 Å². The van der Waals surface area contributed by atoms with Crippen molar-refractivity contribution in [1.82, 2.24) is 10.2 Å². The zero-order valence-corrected chi connectivity index (χ0v) is 13.5. The molecule has 0 aromatic heterocycles. The van der Waals surface area contributed by atoms with Crippen LogP contribution in [0.2, 0.25) is 0 Å². The van der Waals surface area contributed by atoms with E-state index in [0.717, 1.165) is 37.4 Å². The smallest absolute Gasteiger partial charge is 0.194 e. The van der Waals surface area contributed by atoms with E-state index in [-0.39, 0.29) is 0 Å². The second-order valence-corrected chi connectivity index (χ2v) is 5.69. The van der Waals surface area contributed by atoms with E-state index in [2.05, 4.69) is 36.0 Å². The molecule has 118 valence electrons. The summed E-state index contributed by atoms with van der Waals surface area (Å²) in [6.45, 7) is 12.5. The first-order valence-corrected chi connectivity index (χ1v) is 7.77. The Morgan fingerprint density at radius 2 is 1.90 bits per heavy atom. The third kappa shape index (κ3) is 6.57. The highest BCUT2D eigenvalue weighted by Crippen LogP contribution is 2.20. The third-order valence-corrected chi connectivity index (χ3v) is 3.43. The molecule has 2 atom stereocenters. The maximum Gasteiger partial charge on any atom is 0.194 e. The van der Waals surface area contributed by atoms with Gasteiger partial charge in [0.2, 0.25) is 0 Å². The lowest BCUT2D eigenvalue weighted by Crippen LogP contribution is -2.48. The molecule has 0 spiro atoms. The van der Waals surface area contributed by atoms with Gasteiger partial charge in [0, 0.05) is 26.7 Å². The first-order valence-electron chi connectivity index (χ1n) is 7.77. The minimum absolute atomic E-state index is 0.639. The van der Waals surface area contributed by atoms with Gasteiger partial charge in [-0.15, -0.1) is 0 Å². The molecule has 1 heterocycles. The molecule has 1 aliphatic heterocycles. The molecule has 1 saturated heterocycles. The van der Waals surface area contributed by atoms with Gasteiger partial charge < -0.3 is 19.7 Å². The van der Waals surface area contributed by atoms with Crippen LogP contribution in [0.1, 0.15) is 27.2 Å². The summed E-state index contributed by atoms with van der Waals surface area (Å²) in [7, 11) is 1.68. The molecule has 5 heteroatoms. The number of aliphatic imine (C=N–C) groups is 1. The van der Waals surface area contributed by atoms with Crippen LogP contribution >= 0.6 is 0 Å². The topological polar surface area (TPSA) is 46.1 Å². The van der Waals surface area contributed by atoms with Gasteiger partial charge in [-0.05, 0) is 25.2 Å². The van der Waals surface area contributed by atoms with Crippen molar-refractivity contribution in [2.75, 3.05) is 53.1 Å². The van der Waals surface area contributed by atoms with Crippen LogP contribution in [-0.4, -0.2) is 64.0 Å². The molecule has 1 aliphatic rings. The summed E-state index contributed by atoms with van der Waals surface area (Å²) in [6.07, 6.45) is 1.32. The molecule has 0 bridgehead atoms. The molecule has 2 unspecified atom stereocenters. The average molecular weight is 285 g/mol. The van der Waals surface area contributed by atoms with E-state index in [1.54, 1.807) is 7.11 Å². The summed E-state index contributed by atoms with van der Waals surface area (Å²) < 4.78 is 10.4. The Morgan fingerprint density at radius 3 is 2.50 bits per heavy atom. The van der Waals surface area contributed by atoms with Gasteiger partial charge in [-0.25, -0.2) is 0 Å². The molecule has 0 aliphatic carbocycles. The normalized spacial score (nSPS) is 24.0. The van der Waals surface area contributed by atoms with Crippen LogP contribution in [0.4, 0.5) is 0 Å². The number of ether oxygens (including phenoxy) is 2. The highest BCUT2D eigenvalue weighted by molar-refractivity contribution is 5.80. The van der Waals surface area contributed by atoms with Crippen LogP contribution in [0.5, 0.6) is 0 Å². The highest BCUT2D eigenvalue weighted by atomic mass is 16.5. The van der Waals surface area contributed by atoms with Gasteiger partial charge in [-0.3, -0.25) is 4.99 Å². The molecule has 0 aromatic rings. The Labute approximate surface area is 123 Å². The zero-order valence-electron chi connectivity index (χ0n) is 13.5. The predicted molar refractivity (Wildman–Crippen MR) is 83.2 cm³/mol. The number of methoxy groups -OCH3 is 1. The maximum atomic E-state index is 5.45. The second kappa shape index (κ2) is 10.00. The lowest BCUT2D eigenvalue weighted by atomic mass is 9.92. The number of rotatable bonds is 7. The number of hydrogen-bond donors (Lipinski definition) is 1. The monoisotopic (exact) mass is 285 g/mol. The molecule has 5 nitrogen and oxygen atoms in total. The fourth-order valence-corrected chi connectivity index (χ4v) is 2.72. The van der Waals surface area contributed by atoms with Crippen molar-refractivity contribution in [1.29, 1.82) is 0 Å². The summed E-state index contributed by atoms with van der Waals surface area (Å²) in [4.78, 5) is 7.06. The molecule has 20 heavy (non-hydrogen) atoms. The molecule has 0 aromatic carbocycles. The van der Waals surface area contributed by atoms with E-state index in [1.165, 1.54) is 6.42 Å². The Kier molecular flexibility index (Phi) is 8.62. The summed E-state index contributed by atoms with van der Waals surface area (Å²) >= 11 is 0. The molecule has 1 N–H and O–H groups in total. The second-order valence-electron chi connectivity index (χ2n) is 5.69. The Bertz CT molecular complexity index is 274. The van der Waals surface area contributed by atoms with Gasteiger partial charge in [0.1, 0.15) is 0 Å². The molecule has 0 radical (unpaired) electrons. The molecule has 0 amide bonds. The summed E-state index contributed by atoms with van der Waals surface area (Å²) in [5.41, 5.74) is 0. The average Bonchev–Trinajstić information content (AvgIpc) is 2.40. The lowest BCUT2D eigenvalue weighted by Gasteiger charge is -2.37. The standard InChI is InChI=1S/C15H31N3O2/c1-5-16-15(17-6-7-20-9-8-19-4)18-11-13(2)10-14(3)12-18/h13-14H,5-12H2,1-4H3,(H,16,17). The van der Waals surface area contributed by atoms with Gasteiger partial charge in [-0.1, -0.05) is 13.8 Å². The summed E-state index contributed by atoms with van der Waals surface area (Å²) in [5.74, 6) is 2.50. The van der Waals surface area contributed by atoms with Crippen molar-refractivity contribution in [3.05, 3.63) is 0 Å². The Balaban J connectivity index is 2.41. The van der Waals surface area contributed by atoms with Crippen LogP contribution in [0.3, 0.4) is 0 Å². The third-order valence-electron chi connectivity index (χ3n) is 3.43. The minimum atomic E-state index is 0.639. The molecular formula is C15H31N3O2. The van der Waals surface area contributed by atoms with Crippen LogP contribution in [0.15, 0.2) is 4.99 Å².